The van der Waals surface area contributed by atoms with Gasteiger partial charge >= 0.3 is 0 Å². The number of anilines is 1. The predicted molar refractivity (Wildman–Crippen MR) is 131 cm³/mol. The Bertz CT molecular complexity index is 1220. The lowest BCUT2D eigenvalue weighted by Crippen LogP contribution is -2.39. The van der Waals surface area contributed by atoms with E-state index in [2.05, 4.69) is 35.6 Å². The number of piperidine rings is 1. The van der Waals surface area contributed by atoms with Gasteiger partial charge in [0.2, 0.25) is 0 Å². The second kappa shape index (κ2) is 8.94. The van der Waals surface area contributed by atoms with E-state index in [9.17, 15) is 4.79 Å². The molecule has 2 atom stereocenters. The van der Waals surface area contributed by atoms with Gasteiger partial charge in [0.1, 0.15) is 11.5 Å². The summed E-state index contributed by atoms with van der Waals surface area (Å²) in [5.41, 5.74) is 10.9. The van der Waals surface area contributed by atoms with Crippen molar-refractivity contribution in [3.8, 4) is 0 Å². The van der Waals surface area contributed by atoms with Crippen LogP contribution in [0.1, 0.15) is 84.6 Å². The first-order valence-corrected chi connectivity index (χ1v) is 12.3. The maximum absolute atomic E-state index is 13.6. The molecular weight excluding hydrogens is 428 g/mol. The molecule has 5 heterocycles. The SMILES string of the molecule is Cc1cn2nc([C@@H]3CCCCN3C(=O)c3ncc(C(C)C)nc3C)cc2nc1N1CC[C@H](N)C1. The third-order valence-corrected chi connectivity index (χ3v) is 7.01. The topological polar surface area (TPSA) is 106 Å². The number of amides is 1. The van der Waals surface area contributed by atoms with Crippen LogP contribution in [-0.4, -0.2) is 61.0 Å². The molecule has 9 heteroatoms. The molecule has 0 saturated carbocycles. The van der Waals surface area contributed by atoms with Crippen LogP contribution in [0.5, 0.6) is 0 Å². The van der Waals surface area contributed by atoms with E-state index in [-0.39, 0.29) is 23.9 Å². The summed E-state index contributed by atoms with van der Waals surface area (Å²) in [6, 6.07) is 2.12. The number of rotatable bonds is 4. The highest BCUT2D eigenvalue weighted by atomic mass is 16.2. The van der Waals surface area contributed by atoms with Gasteiger partial charge < -0.3 is 15.5 Å². The second-order valence-electron chi connectivity index (χ2n) is 10.0. The number of nitrogens with two attached hydrogens (primary N) is 1. The molecular formula is C25H34N8O. The molecule has 0 aromatic carbocycles. The minimum atomic E-state index is -0.0992. The molecule has 2 fully saturated rings. The van der Waals surface area contributed by atoms with Gasteiger partial charge in [-0.2, -0.15) is 5.10 Å². The van der Waals surface area contributed by atoms with Gasteiger partial charge in [-0.15, -0.1) is 0 Å². The van der Waals surface area contributed by atoms with Crippen LogP contribution in [-0.2, 0) is 0 Å². The van der Waals surface area contributed by atoms with Crippen molar-refractivity contribution >= 4 is 17.4 Å². The number of aromatic nitrogens is 5. The fraction of sp³-hybridized carbons (Fsp3) is 0.560. The Morgan fingerprint density at radius 1 is 1.15 bits per heavy atom. The first kappa shape index (κ1) is 22.7. The zero-order valence-electron chi connectivity index (χ0n) is 20.5. The summed E-state index contributed by atoms with van der Waals surface area (Å²) in [6.45, 7) is 10.5. The van der Waals surface area contributed by atoms with Crippen molar-refractivity contribution in [3.63, 3.8) is 0 Å². The Balaban J connectivity index is 1.45. The van der Waals surface area contributed by atoms with Crippen molar-refractivity contribution < 1.29 is 4.79 Å². The first-order chi connectivity index (χ1) is 16.3. The fourth-order valence-corrected chi connectivity index (χ4v) is 5.09. The lowest BCUT2D eigenvalue weighted by Gasteiger charge is -2.34. The second-order valence-corrected chi connectivity index (χ2v) is 10.0. The van der Waals surface area contributed by atoms with Gasteiger partial charge in [0, 0.05) is 49.7 Å². The molecule has 0 spiro atoms. The van der Waals surface area contributed by atoms with Gasteiger partial charge in [-0.05, 0) is 45.4 Å². The van der Waals surface area contributed by atoms with Crippen LogP contribution >= 0.6 is 0 Å². The molecule has 0 bridgehead atoms. The summed E-state index contributed by atoms with van der Waals surface area (Å²) in [7, 11) is 0. The lowest BCUT2D eigenvalue weighted by atomic mass is 9.98. The van der Waals surface area contributed by atoms with E-state index >= 15 is 0 Å². The number of fused-ring (bicyclic) bond motifs is 1. The highest BCUT2D eigenvalue weighted by Crippen LogP contribution is 2.33. The molecule has 1 amide bonds. The molecule has 3 aromatic heterocycles. The summed E-state index contributed by atoms with van der Waals surface area (Å²) in [4.78, 5) is 31.8. The van der Waals surface area contributed by atoms with E-state index in [0.717, 1.165) is 67.2 Å². The van der Waals surface area contributed by atoms with E-state index < -0.39 is 0 Å². The molecule has 5 rings (SSSR count). The van der Waals surface area contributed by atoms with Crippen molar-refractivity contribution in [2.75, 3.05) is 24.5 Å². The molecule has 0 radical (unpaired) electrons. The average Bonchev–Trinajstić information content (AvgIpc) is 3.43. The molecule has 180 valence electrons. The summed E-state index contributed by atoms with van der Waals surface area (Å²) in [5.74, 6) is 1.17. The number of carbonyl (C=O) groups is 1. The zero-order valence-corrected chi connectivity index (χ0v) is 20.5. The van der Waals surface area contributed by atoms with Crippen LogP contribution in [0, 0.1) is 13.8 Å². The quantitative estimate of drug-likeness (QED) is 0.635. The van der Waals surface area contributed by atoms with E-state index in [1.54, 1.807) is 6.20 Å². The highest BCUT2D eigenvalue weighted by Gasteiger charge is 2.32. The number of likely N-dealkylation sites (tertiary alicyclic amines) is 1. The van der Waals surface area contributed by atoms with Crippen molar-refractivity contribution in [2.24, 2.45) is 5.73 Å². The molecule has 2 aliphatic heterocycles. The van der Waals surface area contributed by atoms with Crippen molar-refractivity contribution in [1.82, 2.24) is 29.5 Å². The van der Waals surface area contributed by atoms with Gasteiger partial charge in [-0.1, -0.05) is 13.8 Å². The standard InChI is InChI=1S/C25H34N8O/c1-15(2)20-12-27-23(17(4)28-20)25(34)32-9-6-5-7-21(32)19-11-22-29-24(16(3)13-33(22)30-19)31-10-8-18(26)14-31/h11-13,15,18,21H,5-10,14,26H2,1-4H3/t18-,21-/m0/s1. The van der Waals surface area contributed by atoms with E-state index in [0.29, 0.717) is 17.9 Å². The molecule has 9 nitrogen and oxygen atoms in total. The molecule has 0 unspecified atom stereocenters. The number of aryl methyl sites for hydroxylation is 2. The normalized spacial score (nSPS) is 21.1. The van der Waals surface area contributed by atoms with Gasteiger partial charge in [-0.3, -0.25) is 9.78 Å². The van der Waals surface area contributed by atoms with Crippen LogP contribution in [0.15, 0.2) is 18.5 Å². The van der Waals surface area contributed by atoms with Crippen molar-refractivity contribution in [2.45, 2.75) is 71.4 Å². The van der Waals surface area contributed by atoms with Gasteiger partial charge in [0.15, 0.2) is 5.65 Å². The molecule has 0 aliphatic carbocycles. The third-order valence-electron chi connectivity index (χ3n) is 7.01. The minimum absolute atomic E-state index is 0.0713. The van der Waals surface area contributed by atoms with Crippen LogP contribution in [0.3, 0.4) is 0 Å². The first-order valence-electron chi connectivity index (χ1n) is 12.3. The average molecular weight is 463 g/mol. The largest absolute Gasteiger partial charge is 0.355 e. The summed E-state index contributed by atoms with van der Waals surface area (Å²) in [6.07, 6.45) is 7.65. The van der Waals surface area contributed by atoms with Crippen LogP contribution < -0.4 is 10.6 Å². The molecule has 2 aliphatic rings. The van der Waals surface area contributed by atoms with Crippen LogP contribution in [0.4, 0.5) is 5.82 Å². The summed E-state index contributed by atoms with van der Waals surface area (Å²) >= 11 is 0. The molecule has 3 aromatic rings. The van der Waals surface area contributed by atoms with E-state index in [4.69, 9.17) is 15.8 Å². The summed E-state index contributed by atoms with van der Waals surface area (Å²) in [5, 5.41) is 4.85. The van der Waals surface area contributed by atoms with Gasteiger partial charge in [0.05, 0.1) is 23.1 Å². The third kappa shape index (κ3) is 4.13. The van der Waals surface area contributed by atoms with E-state index in [1.807, 2.05) is 28.6 Å². The predicted octanol–water partition coefficient (Wildman–Crippen LogP) is 3.16. The van der Waals surface area contributed by atoms with Gasteiger partial charge in [-0.25, -0.2) is 14.5 Å². The van der Waals surface area contributed by atoms with Gasteiger partial charge in [0.25, 0.3) is 5.91 Å². The Kier molecular flexibility index (Phi) is 5.97. The van der Waals surface area contributed by atoms with Crippen molar-refractivity contribution in [3.05, 3.63) is 46.8 Å². The smallest absolute Gasteiger partial charge is 0.274 e. The van der Waals surface area contributed by atoms with E-state index in [1.165, 1.54) is 0 Å². The Morgan fingerprint density at radius 3 is 2.68 bits per heavy atom. The monoisotopic (exact) mass is 462 g/mol. The highest BCUT2D eigenvalue weighted by molar-refractivity contribution is 5.93. The molecule has 34 heavy (non-hydrogen) atoms. The number of hydrogen-bond donors (Lipinski definition) is 1. The lowest BCUT2D eigenvalue weighted by molar-refractivity contribution is 0.0598. The maximum atomic E-state index is 13.6. The number of hydrogen-bond acceptors (Lipinski definition) is 7. The number of nitrogens with zero attached hydrogens (tertiary/aromatic N) is 7. The molecule has 2 N–H and O–H groups in total. The van der Waals surface area contributed by atoms with Crippen LogP contribution in [0.25, 0.3) is 5.65 Å². The molecule has 2 saturated heterocycles. The fourth-order valence-electron chi connectivity index (χ4n) is 5.09. The minimum Gasteiger partial charge on any atom is -0.355 e. The summed E-state index contributed by atoms with van der Waals surface area (Å²) < 4.78 is 1.84. The Hall–Kier alpha value is -3.07. The maximum Gasteiger partial charge on any atom is 0.274 e. The Morgan fingerprint density at radius 2 is 1.97 bits per heavy atom. The Labute approximate surface area is 200 Å². The number of carbonyl (C=O) groups excluding carboxylic acids is 1. The zero-order chi connectivity index (χ0) is 24.0. The van der Waals surface area contributed by atoms with Crippen molar-refractivity contribution in [1.29, 1.82) is 0 Å². The van der Waals surface area contributed by atoms with Crippen LogP contribution in [0.2, 0.25) is 0 Å².